The fourth-order valence-electron chi connectivity index (χ4n) is 6.42. The molecule has 1 saturated carbocycles. The van der Waals surface area contributed by atoms with Gasteiger partial charge in [-0.15, -0.1) is 5.10 Å². The third-order valence-electron chi connectivity index (χ3n) is 8.56. The highest BCUT2D eigenvalue weighted by atomic mass is 35.5. The first-order valence-electron chi connectivity index (χ1n) is 14.0. The van der Waals surface area contributed by atoms with E-state index in [1.807, 2.05) is 24.4 Å². The zero-order chi connectivity index (χ0) is 29.3. The molecule has 1 amide bonds. The number of carbonyl (C=O) groups excluding carboxylic acids is 1. The molecule has 0 unspecified atom stereocenters. The second kappa shape index (κ2) is 12.4. The maximum Gasteiger partial charge on any atom is 0.233 e. The van der Waals surface area contributed by atoms with E-state index in [-0.39, 0.29) is 18.0 Å². The molecule has 1 aromatic heterocycles. The van der Waals surface area contributed by atoms with Gasteiger partial charge in [-0.2, -0.15) is 0 Å². The first-order chi connectivity index (χ1) is 19.7. The fraction of sp³-hybridized carbons (Fsp3) is 0.500. The van der Waals surface area contributed by atoms with Crippen LogP contribution in [-0.4, -0.2) is 70.1 Å². The van der Waals surface area contributed by atoms with Crippen molar-refractivity contribution in [1.82, 2.24) is 24.8 Å². The Morgan fingerprint density at radius 1 is 0.927 bits per heavy atom. The van der Waals surface area contributed by atoms with E-state index in [0.29, 0.717) is 51.9 Å². The standard InChI is InChI=1S/C30H36Cl3N5O3/c1-19-15-36(29(39)30(10-6-5-7-11-30)21-8-9-27(40-3)28(12-21)41-4)16-20(2)37(19)17-22-18-38(35-34-22)26-14-24(32)23(31)13-25(26)33/h8-9,12-14,18-20H,5-7,10-11,15-17H2,1-4H3/t19-,20+. The summed E-state index contributed by atoms with van der Waals surface area (Å²) in [5.41, 5.74) is 1.88. The topological polar surface area (TPSA) is 72.7 Å². The lowest BCUT2D eigenvalue weighted by atomic mass is 9.68. The van der Waals surface area contributed by atoms with Crippen LogP contribution in [0, 0.1) is 0 Å². The number of halogens is 3. The van der Waals surface area contributed by atoms with E-state index in [1.165, 1.54) is 0 Å². The van der Waals surface area contributed by atoms with Crippen molar-refractivity contribution in [3.63, 3.8) is 0 Å². The Morgan fingerprint density at radius 2 is 1.59 bits per heavy atom. The minimum atomic E-state index is -0.554. The zero-order valence-corrected chi connectivity index (χ0v) is 26.1. The average molecular weight is 621 g/mol. The van der Waals surface area contributed by atoms with Crippen LogP contribution in [0.4, 0.5) is 0 Å². The molecule has 11 heteroatoms. The van der Waals surface area contributed by atoms with E-state index in [9.17, 15) is 4.79 Å². The van der Waals surface area contributed by atoms with Gasteiger partial charge in [0.2, 0.25) is 5.91 Å². The summed E-state index contributed by atoms with van der Waals surface area (Å²) in [5.74, 6) is 1.54. The molecule has 1 saturated heterocycles. The largest absolute Gasteiger partial charge is 0.493 e. The van der Waals surface area contributed by atoms with E-state index >= 15 is 0 Å². The highest BCUT2D eigenvalue weighted by Gasteiger charge is 2.46. The molecular weight excluding hydrogens is 585 g/mol. The predicted octanol–water partition coefficient (Wildman–Crippen LogP) is 6.57. The molecule has 2 heterocycles. The predicted molar refractivity (Wildman–Crippen MR) is 162 cm³/mol. The van der Waals surface area contributed by atoms with E-state index in [0.717, 1.165) is 43.4 Å². The van der Waals surface area contributed by atoms with Crippen LogP contribution in [0.1, 0.15) is 57.2 Å². The van der Waals surface area contributed by atoms with Crippen LogP contribution in [0.5, 0.6) is 11.5 Å². The van der Waals surface area contributed by atoms with Gasteiger partial charge in [0.05, 0.1) is 52.3 Å². The molecule has 5 rings (SSSR count). The normalized spacial score (nSPS) is 21.1. The number of piperazine rings is 1. The number of hydrogen-bond acceptors (Lipinski definition) is 6. The molecular formula is C30H36Cl3N5O3. The lowest BCUT2D eigenvalue weighted by Crippen LogP contribution is -2.61. The molecule has 1 aliphatic carbocycles. The van der Waals surface area contributed by atoms with Crippen molar-refractivity contribution in [2.75, 3.05) is 27.3 Å². The molecule has 0 bridgehead atoms. The second-order valence-electron chi connectivity index (χ2n) is 11.2. The SMILES string of the molecule is COc1ccc(C2(C(=O)N3C[C@@H](C)N(Cc4cn(-c5cc(Cl)c(Cl)cc5Cl)nn4)[C@@H](C)C3)CCCCC2)cc1OC. The van der Waals surface area contributed by atoms with Crippen molar-refractivity contribution < 1.29 is 14.3 Å². The van der Waals surface area contributed by atoms with Gasteiger partial charge < -0.3 is 14.4 Å². The lowest BCUT2D eigenvalue weighted by Gasteiger charge is -2.48. The number of rotatable bonds is 7. The van der Waals surface area contributed by atoms with E-state index in [1.54, 1.807) is 31.0 Å². The van der Waals surface area contributed by atoms with Gasteiger partial charge in [-0.3, -0.25) is 9.69 Å². The van der Waals surface area contributed by atoms with E-state index < -0.39 is 5.41 Å². The van der Waals surface area contributed by atoms with Crippen LogP contribution < -0.4 is 9.47 Å². The van der Waals surface area contributed by atoms with Crippen LogP contribution in [0.3, 0.4) is 0 Å². The zero-order valence-electron chi connectivity index (χ0n) is 23.9. The quantitative estimate of drug-likeness (QED) is 0.278. The molecule has 0 radical (unpaired) electrons. The molecule has 41 heavy (non-hydrogen) atoms. The van der Waals surface area contributed by atoms with Gasteiger partial charge in [-0.25, -0.2) is 4.68 Å². The van der Waals surface area contributed by atoms with Gasteiger partial charge in [0.15, 0.2) is 11.5 Å². The summed E-state index contributed by atoms with van der Waals surface area (Å²) in [5, 5.41) is 9.89. The Labute approximate surface area is 256 Å². The summed E-state index contributed by atoms with van der Waals surface area (Å²) in [6, 6.07) is 9.49. The minimum Gasteiger partial charge on any atom is -0.493 e. The van der Waals surface area contributed by atoms with E-state index in [4.69, 9.17) is 44.3 Å². The Hall–Kier alpha value is -2.52. The summed E-state index contributed by atoms with van der Waals surface area (Å²) < 4.78 is 12.7. The number of benzene rings is 2. The molecule has 2 atom stereocenters. The number of aromatic nitrogens is 3. The molecule has 2 fully saturated rings. The van der Waals surface area contributed by atoms with Crippen LogP contribution in [0.15, 0.2) is 36.5 Å². The smallest absolute Gasteiger partial charge is 0.233 e. The van der Waals surface area contributed by atoms with Gasteiger partial charge in [0, 0.05) is 31.7 Å². The van der Waals surface area contributed by atoms with Gasteiger partial charge in [-0.05, 0) is 56.5 Å². The summed E-state index contributed by atoms with van der Waals surface area (Å²) in [4.78, 5) is 18.8. The molecule has 220 valence electrons. The minimum absolute atomic E-state index is 0.132. The van der Waals surface area contributed by atoms with Crippen LogP contribution >= 0.6 is 34.8 Å². The van der Waals surface area contributed by atoms with Gasteiger partial charge in [-0.1, -0.05) is 65.3 Å². The number of hydrogen-bond donors (Lipinski definition) is 0. The van der Waals surface area contributed by atoms with Crippen molar-refractivity contribution >= 4 is 40.7 Å². The second-order valence-corrected chi connectivity index (χ2v) is 12.4. The van der Waals surface area contributed by atoms with Gasteiger partial charge >= 0.3 is 0 Å². The number of ether oxygens (including phenoxy) is 2. The Bertz CT molecular complexity index is 1400. The number of amides is 1. The Kier molecular flexibility index (Phi) is 9.04. The maximum atomic E-state index is 14.4. The summed E-state index contributed by atoms with van der Waals surface area (Å²) in [7, 11) is 3.27. The highest BCUT2D eigenvalue weighted by Crippen LogP contribution is 2.44. The monoisotopic (exact) mass is 619 g/mol. The lowest BCUT2D eigenvalue weighted by molar-refractivity contribution is -0.143. The molecule has 1 aliphatic heterocycles. The summed E-state index contributed by atoms with van der Waals surface area (Å²) in [6.07, 6.45) is 6.75. The Balaban J connectivity index is 1.33. The first-order valence-corrected chi connectivity index (χ1v) is 15.1. The van der Waals surface area contributed by atoms with Crippen molar-refractivity contribution in [2.45, 2.75) is 70.0 Å². The van der Waals surface area contributed by atoms with Gasteiger partial charge in [0.1, 0.15) is 0 Å². The third kappa shape index (κ3) is 5.89. The molecule has 0 spiro atoms. The number of nitrogens with zero attached hydrogens (tertiary/aromatic N) is 5. The summed E-state index contributed by atoms with van der Waals surface area (Å²) in [6.45, 7) is 6.22. The molecule has 2 aliphatic rings. The highest BCUT2D eigenvalue weighted by molar-refractivity contribution is 6.43. The molecule has 2 aromatic carbocycles. The fourth-order valence-corrected chi connectivity index (χ4v) is 7.04. The summed E-state index contributed by atoms with van der Waals surface area (Å²) >= 11 is 18.7. The molecule has 0 N–H and O–H groups in total. The van der Waals surface area contributed by atoms with Crippen LogP contribution in [0.25, 0.3) is 5.69 Å². The molecule has 8 nitrogen and oxygen atoms in total. The molecule has 3 aromatic rings. The van der Waals surface area contributed by atoms with E-state index in [2.05, 4.69) is 34.0 Å². The van der Waals surface area contributed by atoms with Gasteiger partial charge in [0.25, 0.3) is 0 Å². The van der Waals surface area contributed by atoms with Crippen LogP contribution in [0.2, 0.25) is 15.1 Å². The van der Waals surface area contributed by atoms with Crippen molar-refractivity contribution in [3.8, 4) is 17.2 Å². The third-order valence-corrected chi connectivity index (χ3v) is 9.59. The first kappa shape index (κ1) is 30.0. The number of carbonyl (C=O) groups is 1. The van der Waals surface area contributed by atoms with Crippen molar-refractivity contribution in [3.05, 3.63) is 62.9 Å². The maximum absolute atomic E-state index is 14.4. The Morgan fingerprint density at radius 3 is 2.24 bits per heavy atom. The van der Waals surface area contributed by atoms with Crippen LogP contribution in [-0.2, 0) is 16.8 Å². The van der Waals surface area contributed by atoms with Crippen molar-refractivity contribution in [2.24, 2.45) is 0 Å². The average Bonchev–Trinajstić information content (AvgIpc) is 3.44. The van der Waals surface area contributed by atoms with Crippen molar-refractivity contribution in [1.29, 1.82) is 0 Å². The number of methoxy groups -OCH3 is 2.